The van der Waals surface area contributed by atoms with Crippen molar-refractivity contribution in [1.82, 2.24) is 29.9 Å². The summed E-state index contributed by atoms with van der Waals surface area (Å²) in [5.41, 5.74) is 13.0. The number of aromatic nitrogens is 3. The quantitative estimate of drug-likeness (QED) is 0.0669. The van der Waals surface area contributed by atoms with Gasteiger partial charge in [0.05, 0.1) is 34.3 Å². The van der Waals surface area contributed by atoms with E-state index in [9.17, 15) is 15.6 Å². The third kappa shape index (κ3) is 7.71. The number of benzene rings is 1. The first-order chi connectivity index (χ1) is 27.2. The lowest BCUT2D eigenvalue weighted by molar-refractivity contribution is -0.248. The first kappa shape index (κ1) is 39.5. The van der Waals surface area contributed by atoms with E-state index in [0.29, 0.717) is 35.7 Å². The first-order valence-electron chi connectivity index (χ1n) is 20.5. The summed E-state index contributed by atoms with van der Waals surface area (Å²) in [5.74, 6) is 1.46. The van der Waals surface area contributed by atoms with E-state index in [1.165, 1.54) is 30.6 Å². The molecule has 3 aromatic rings. The van der Waals surface area contributed by atoms with Gasteiger partial charge in [0.15, 0.2) is 0 Å². The third-order valence-electron chi connectivity index (χ3n) is 13.2. The molecule has 6 aliphatic rings. The molecule has 6 N–H and O–H groups in total. The highest BCUT2D eigenvalue weighted by atomic mass is 32.1. The van der Waals surface area contributed by atoms with Crippen molar-refractivity contribution in [2.45, 2.75) is 97.6 Å². The normalized spacial score (nSPS) is 30.4. The zero-order valence-corrected chi connectivity index (χ0v) is 35.0. The summed E-state index contributed by atoms with van der Waals surface area (Å²) in [6.07, 6.45) is 16.3. The zero-order valence-electron chi connectivity index (χ0n) is 34.2. The topological polar surface area (TPSA) is 161 Å². The number of ether oxygens (including phenoxy) is 1. The Morgan fingerprint density at radius 2 is 1.89 bits per heavy atom. The predicted molar refractivity (Wildman–Crippen MR) is 228 cm³/mol. The molecule has 5 fully saturated rings. The van der Waals surface area contributed by atoms with Crippen molar-refractivity contribution in [2.24, 2.45) is 27.0 Å². The van der Waals surface area contributed by atoms with Crippen LogP contribution in [-0.4, -0.2) is 91.9 Å². The van der Waals surface area contributed by atoms with Gasteiger partial charge in [0.2, 0.25) is 5.13 Å². The van der Waals surface area contributed by atoms with Crippen molar-refractivity contribution in [3.05, 3.63) is 82.8 Å². The number of thiazole rings is 1. The molecule has 1 aromatic carbocycles. The standard InChI is InChI=1S/C44H59N9O3S/c1-29(38(45)50-40-49-34-11-6-7-12-36(34)57-40)31-10-8-16-52(39(31)46)37-14-13-32(35(21-55)48-37)33-20-47-53(30(33)2)28-43-23-41(3)22-42(4,24-43)26-44(25-41,27-43)56-19-17-51(5)15-9-18-54/h6-7,11-14,20-21,46,48,54-55H,8-10,15-19,22-28H2,1-5H3,(H2,45,49,50)/b31-29-,35-21+,46-39?. The number of aliphatic imine (C=N–C) groups is 1. The third-order valence-corrected chi connectivity index (χ3v) is 14.1. The zero-order chi connectivity index (χ0) is 40.2. The molecule has 1 saturated heterocycles. The monoisotopic (exact) mass is 793 g/mol. The Kier molecular flexibility index (Phi) is 10.5. The van der Waals surface area contributed by atoms with Crippen LogP contribution in [0.25, 0.3) is 15.8 Å². The van der Waals surface area contributed by atoms with Gasteiger partial charge in [-0.05, 0) is 125 Å². The van der Waals surface area contributed by atoms with Crippen LogP contribution in [0.2, 0.25) is 0 Å². The van der Waals surface area contributed by atoms with E-state index in [4.69, 9.17) is 15.6 Å². The Morgan fingerprint density at radius 3 is 2.63 bits per heavy atom. The van der Waals surface area contributed by atoms with E-state index in [1.807, 2.05) is 54.4 Å². The van der Waals surface area contributed by atoms with Crippen molar-refractivity contribution in [3.63, 3.8) is 0 Å². The number of aliphatic hydroxyl groups is 2. The number of hydrogen-bond acceptors (Lipinski definition) is 10. The molecule has 304 valence electrons. The SMILES string of the molecule is CC(=C1\CCCN(C2=CC=C(c3cnn(CC45CC6(C)CC(C)(C4)CC(OCCN(C)CCCO)(C6)C5)c3C)/C(=C\O)N2)C1=N)/C(N)=N\c1nc2ccccc2s1. The van der Waals surface area contributed by atoms with Crippen LogP contribution in [0.15, 0.2) is 76.5 Å². The van der Waals surface area contributed by atoms with Crippen LogP contribution in [0.5, 0.6) is 0 Å². The first-order valence-corrected chi connectivity index (χ1v) is 21.3. The summed E-state index contributed by atoms with van der Waals surface area (Å²) in [5, 5.41) is 38.1. The molecule has 9 rings (SSSR count). The molecular weight excluding hydrogens is 735 g/mol. The number of piperidine rings is 1. The Hall–Kier alpha value is -4.30. The van der Waals surface area contributed by atoms with Crippen LogP contribution in [0.1, 0.15) is 89.8 Å². The smallest absolute Gasteiger partial charge is 0.212 e. The maximum atomic E-state index is 10.6. The Balaban J connectivity index is 0.999. The molecule has 4 heterocycles. The van der Waals surface area contributed by atoms with E-state index in [1.54, 1.807) is 0 Å². The highest BCUT2D eigenvalue weighted by Crippen LogP contribution is 2.72. The van der Waals surface area contributed by atoms with Crippen LogP contribution in [-0.2, 0) is 11.3 Å². The molecule has 4 aliphatic carbocycles. The molecule has 4 saturated carbocycles. The number of para-hydroxylation sites is 1. The predicted octanol–water partition coefficient (Wildman–Crippen LogP) is 7.56. The Labute approximate surface area is 340 Å². The van der Waals surface area contributed by atoms with Gasteiger partial charge in [-0.15, -0.1) is 0 Å². The van der Waals surface area contributed by atoms with Crippen molar-refractivity contribution in [2.75, 3.05) is 39.9 Å². The van der Waals surface area contributed by atoms with Crippen molar-refractivity contribution in [3.8, 4) is 0 Å². The summed E-state index contributed by atoms with van der Waals surface area (Å²) in [7, 11) is 2.11. The van der Waals surface area contributed by atoms with Crippen LogP contribution >= 0.6 is 11.3 Å². The molecule has 2 aromatic heterocycles. The van der Waals surface area contributed by atoms with Crippen molar-refractivity contribution < 1.29 is 14.9 Å². The number of likely N-dealkylation sites (N-methyl/N-ethyl adjacent to an activating group) is 1. The summed E-state index contributed by atoms with van der Waals surface area (Å²) < 4.78 is 10.2. The fraction of sp³-hybridized carbons (Fsp3) is 0.545. The summed E-state index contributed by atoms with van der Waals surface area (Å²) >= 11 is 1.50. The number of likely N-dealkylation sites (tertiary alicyclic amines) is 1. The molecule has 57 heavy (non-hydrogen) atoms. The molecule has 2 unspecified atom stereocenters. The molecule has 12 nitrogen and oxygen atoms in total. The number of hydrogen-bond donors (Lipinski definition) is 5. The molecule has 4 bridgehead atoms. The van der Waals surface area contributed by atoms with E-state index in [2.05, 4.69) is 52.7 Å². The van der Waals surface area contributed by atoms with Crippen molar-refractivity contribution in [1.29, 1.82) is 5.41 Å². The largest absolute Gasteiger partial charge is 0.513 e. The molecule has 0 amide bonds. The van der Waals surface area contributed by atoms with Crippen LogP contribution < -0.4 is 11.1 Å². The Morgan fingerprint density at radius 1 is 1.12 bits per heavy atom. The molecule has 2 atom stereocenters. The Bertz CT molecular complexity index is 2160. The van der Waals surface area contributed by atoms with Gasteiger partial charge >= 0.3 is 0 Å². The van der Waals surface area contributed by atoms with E-state index in [0.717, 1.165) is 108 Å². The van der Waals surface area contributed by atoms with Crippen LogP contribution in [0, 0.1) is 28.6 Å². The number of nitrogens with one attached hydrogen (secondary N) is 2. The van der Waals surface area contributed by atoms with Crippen LogP contribution in [0.4, 0.5) is 5.13 Å². The fourth-order valence-electron chi connectivity index (χ4n) is 11.9. The van der Waals surface area contributed by atoms with Gasteiger partial charge in [-0.1, -0.05) is 37.3 Å². The molecule has 13 heteroatoms. The molecule has 0 radical (unpaired) electrons. The van der Waals surface area contributed by atoms with Gasteiger partial charge in [-0.25, -0.2) is 9.98 Å². The lowest BCUT2D eigenvalue weighted by Crippen LogP contribution is -2.64. The summed E-state index contributed by atoms with van der Waals surface area (Å²) in [4.78, 5) is 13.5. The maximum Gasteiger partial charge on any atom is 0.212 e. The number of nitrogens with zero attached hydrogens (tertiary/aromatic N) is 6. The number of fused-ring (bicyclic) bond motifs is 1. The number of amidine groups is 2. The minimum atomic E-state index is -0.117. The van der Waals surface area contributed by atoms with E-state index < -0.39 is 0 Å². The van der Waals surface area contributed by atoms with Gasteiger partial charge in [0.25, 0.3) is 0 Å². The van der Waals surface area contributed by atoms with Gasteiger partial charge in [0, 0.05) is 55.2 Å². The fourth-order valence-corrected chi connectivity index (χ4v) is 12.7. The number of allylic oxidation sites excluding steroid dienone is 3. The van der Waals surface area contributed by atoms with Gasteiger partial charge < -0.3 is 35.8 Å². The maximum absolute atomic E-state index is 10.6. The second-order valence-electron chi connectivity index (χ2n) is 18.4. The van der Waals surface area contributed by atoms with Crippen molar-refractivity contribution >= 4 is 43.9 Å². The second kappa shape index (κ2) is 15.1. The van der Waals surface area contributed by atoms with Gasteiger partial charge in [-0.3, -0.25) is 10.1 Å². The minimum Gasteiger partial charge on any atom is -0.513 e. The highest BCUT2D eigenvalue weighted by Gasteiger charge is 2.66. The van der Waals surface area contributed by atoms with E-state index in [-0.39, 0.29) is 28.5 Å². The summed E-state index contributed by atoms with van der Waals surface area (Å²) in [6.45, 7) is 13.2. The molecule has 2 aliphatic heterocycles. The highest BCUT2D eigenvalue weighted by molar-refractivity contribution is 7.22. The number of nitrogens with two attached hydrogens (primary N) is 1. The minimum absolute atomic E-state index is 0.0947. The van der Waals surface area contributed by atoms with Crippen LogP contribution in [0.3, 0.4) is 0 Å². The molecular formula is C44H59N9O3S. The lowest BCUT2D eigenvalue weighted by atomic mass is 9.39. The average molecular weight is 794 g/mol. The second-order valence-corrected chi connectivity index (χ2v) is 19.4. The molecule has 0 spiro atoms. The number of dihydropyridines is 1. The summed E-state index contributed by atoms with van der Waals surface area (Å²) in [6, 6.07) is 7.94. The average Bonchev–Trinajstić information content (AvgIpc) is 3.73. The number of aliphatic hydroxyl groups excluding tert-OH is 2. The lowest BCUT2D eigenvalue weighted by Gasteiger charge is -2.69. The van der Waals surface area contributed by atoms with Gasteiger partial charge in [0.1, 0.15) is 23.8 Å². The number of rotatable bonds is 13. The van der Waals surface area contributed by atoms with E-state index >= 15 is 0 Å². The van der Waals surface area contributed by atoms with Gasteiger partial charge in [-0.2, -0.15) is 5.10 Å².